The smallest absolute Gasteiger partial charge is 0.0774 e. The molecule has 4 aliphatic rings. The second-order valence-corrected chi connectivity index (χ2v) is 11.1. The summed E-state index contributed by atoms with van der Waals surface area (Å²) >= 11 is 0. The average molecular weight is 393 g/mol. The maximum absolute atomic E-state index is 7.24. The van der Waals surface area contributed by atoms with E-state index in [1.165, 1.54) is 69.8 Å². The summed E-state index contributed by atoms with van der Waals surface area (Å²) < 4.78 is 7.24. The molecule has 0 aliphatic heterocycles. The molecule has 158 valence electrons. The van der Waals surface area contributed by atoms with E-state index in [0.717, 1.165) is 24.4 Å². The fraction of sp³-hybridized carbons (Fsp3) is 0.714. The van der Waals surface area contributed by atoms with Crippen LogP contribution in [0.5, 0.6) is 0 Å². The maximum atomic E-state index is 7.24. The highest BCUT2D eigenvalue weighted by Crippen LogP contribution is 2.70. The third-order valence-electron chi connectivity index (χ3n) is 10.3. The number of rotatable bonds is 3. The Kier molecular flexibility index (Phi) is 4.97. The first-order valence-electron chi connectivity index (χ1n) is 12.4. The lowest BCUT2D eigenvalue weighted by Crippen LogP contribution is -2.65. The molecule has 0 heterocycles. The minimum Gasteiger partial charge on any atom is -0.369 e. The van der Waals surface area contributed by atoms with Gasteiger partial charge in [-0.2, -0.15) is 0 Å². The Hall–Kier alpha value is -1.08. The predicted molar refractivity (Wildman–Crippen MR) is 121 cm³/mol. The molecule has 1 nitrogen and oxygen atoms in total. The van der Waals surface area contributed by atoms with E-state index in [1.54, 1.807) is 5.57 Å². The lowest BCUT2D eigenvalue weighted by molar-refractivity contribution is -0.260. The van der Waals surface area contributed by atoms with Crippen LogP contribution in [0.1, 0.15) is 90.5 Å². The third kappa shape index (κ3) is 2.83. The minimum absolute atomic E-state index is 0.0829. The van der Waals surface area contributed by atoms with Gasteiger partial charge in [0.25, 0.3) is 0 Å². The highest BCUT2D eigenvalue weighted by molar-refractivity contribution is 5.27. The van der Waals surface area contributed by atoms with Crippen LogP contribution in [0.15, 0.2) is 42.0 Å². The van der Waals surface area contributed by atoms with Gasteiger partial charge in [-0.1, -0.05) is 68.7 Å². The Morgan fingerprint density at radius 1 is 0.931 bits per heavy atom. The van der Waals surface area contributed by atoms with Crippen LogP contribution in [0.4, 0.5) is 0 Å². The summed E-state index contributed by atoms with van der Waals surface area (Å²) in [7, 11) is 0. The standard InChI is InChI=1S/C28H40O/c1-4-22-13-15-24-25-16-14-23-12-8-9-17-27(23,3)28(25,19-18-26(22,24)2)29-20-21-10-6-5-7-11-21/h4-7,10-11,23-25H,8-9,12-20H2,1-3H3/t23?,24?,25?,26-,27+,28?/m1/s1. The molecule has 4 fully saturated rings. The van der Waals surface area contributed by atoms with Crippen LogP contribution in [0, 0.1) is 28.6 Å². The van der Waals surface area contributed by atoms with Crippen LogP contribution in [-0.4, -0.2) is 5.60 Å². The Labute approximate surface area is 178 Å². The van der Waals surface area contributed by atoms with E-state index < -0.39 is 0 Å². The Morgan fingerprint density at radius 3 is 2.55 bits per heavy atom. The molecule has 1 aromatic carbocycles. The number of hydrogen-bond acceptors (Lipinski definition) is 1. The van der Waals surface area contributed by atoms with Gasteiger partial charge in [0.15, 0.2) is 0 Å². The van der Waals surface area contributed by atoms with E-state index in [1.807, 2.05) is 0 Å². The van der Waals surface area contributed by atoms with E-state index in [0.29, 0.717) is 10.8 Å². The molecule has 0 aromatic heterocycles. The van der Waals surface area contributed by atoms with Crippen molar-refractivity contribution in [2.24, 2.45) is 28.6 Å². The van der Waals surface area contributed by atoms with Gasteiger partial charge in [0, 0.05) is 0 Å². The molecule has 5 rings (SSSR count). The average Bonchev–Trinajstić information content (AvgIpc) is 3.09. The number of ether oxygens (including phenoxy) is 1. The first-order chi connectivity index (χ1) is 14.0. The summed E-state index contributed by atoms with van der Waals surface area (Å²) in [6.07, 6.45) is 16.2. The summed E-state index contributed by atoms with van der Waals surface area (Å²) in [4.78, 5) is 0. The van der Waals surface area contributed by atoms with Crippen LogP contribution in [0.2, 0.25) is 0 Å². The van der Waals surface area contributed by atoms with E-state index in [4.69, 9.17) is 4.74 Å². The maximum Gasteiger partial charge on any atom is 0.0774 e. The zero-order valence-electron chi connectivity index (χ0n) is 18.9. The van der Waals surface area contributed by atoms with Crippen molar-refractivity contribution in [1.29, 1.82) is 0 Å². The van der Waals surface area contributed by atoms with E-state index in [9.17, 15) is 0 Å². The number of fused-ring (bicyclic) bond motifs is 5. The number of benzene rings is 1. The summed E-state index contributed by atoms with van der Waals surface area (Å²) in [6.45, 7) is 8.30. The molecule has 1 heteroatoms. The normalized spacial score (nSPS) is 45.5. The third-order valence-corrected chi connectivity index (χ3v) is 10.3. The molecule has 0 amide bonds. The van der Waals surface area contributed by atoms with Gasteiger partial charge in [0.1, 0.15) is 0 Å². The number of hydrogen-bond donors (Lipinski definition) is 0. The van der Waals surface area contributed by atoms with Crippen molar-refractivity contribution in [3.63, 3.8) is 0 Å². The zero-order valence-corrected chi connectivity index (χ0v) is 18.9. The highest BCUT2D eigenvalue weighted by atomic mass is 16.5. The lowest BCUT2D eigenvalue weighted by atomic mass is 9.42. The van der Waals surface area contributed by atoms with Crippen LogP contribution >= 0.6 is 0 Å². The van der Waals surface area contributed by atoms with Crippen molar-refractivity contribution in [1.82, 2.24) is 0 Å². The fourth-order valence-corrected chi connectivity index (χ4v) is 8.65. The predicted octanol–water partition coefficient (Wildman–Crippen LogP) is 7.70. The van der Waals surface area contributed by atoms with Crippen molar-refractivity contribution in [3.05, 3.63) is 47.5 Å². The highest BCUT2D eigenvalue weighted by Gasteiger charge is 2.66. The molecule has 0 N–H and O–H groups in total. The summed E-state index contributed by atoms with van der Waals surface area (Å²) in [5.41, 5.74) is 3.96. The first kappa shape index (κ1) is 19.9. The largest absolute Gasteiger partial charge is 0.369 e. The van der Waals surface area contributed by atoms with Crippen molar-refractivity contribution in [3.8, 4) is 0 Å². The SMILES string of the molecule is CC=C1CCC2C3CCC4CCCC[C@]4(C)C3(OCc3ccccc3)CC[C@]12C. The van der Waals surface area contributed by atoms with Gasteiger partial charge in [-0.3, -0.25) is 0 Å². The fourth-order valence-electron chi connectivity index (χ4n) is 8.65. The summed E-state index contributed by atoms with van der Waals surface area (Å²) in [5, 5.41) is 0. The van der Waals surface area contributed by atoms with Gasteiger partial charge in [-0.15, -0.1) is 0 Å². The molecule has 29 heavy (non-hydrogen) atoms. The van der Waals surface area contributed by atoms with E-state index in [2.05, 4.69) is 57.2 Å². The lowest BCUT2D eigenvalue weighted by Gasteiger charge is -2.66. The minimum atomic E-state index is 0.0829. The molecule has 0 saturated heterocycles. The molecule has 0 spiro atoms. The molecular weight excluding hydrogens is 352 g/mol. The molecule has 4 aliphatic carbocycles. The van der Waals surface area contributed by atoms with Gasteiger partial charge < -0.3 is 4.74 Å². The Morgan fingerprint density at radius 2 is 1.76 bits per heavy atom. The molecule has 4 unspecified atom stereocenters. The topological polar surface area (TPSA) is 9.23 Å². The van der Waals surface area contributed by atoms with E-state index >= 15 is 0 Å². The van der Waals surface area contributed by atoms with Crippen LogP contribution in [-0.2, 0) is 11.3 Å². The van der Waals surface area contributed by atoms with Crippen molar-refractivity contribution in [2.45, 2.75) is 97.2 Å². The van der Waals surface area contributed by atoms with Gasteiger partial charge >= 0.3 is 0 Å². The van der Waals surface area contributed by atoms with Crippen LogP contribution in [0.25, 0.3) is 0 Å². The van der Waals surface area contributed by atoms with Gasteiger partial charge in [0.2, 0.25) is 0 Å². The zero-order chi connectivity index (χ0) is 20.1. The van der Waals surface area contributed by atoms with Crippen molar-refractivity contribution >= 4 is 0 Å². The van der Waals surface area contributed by atoms with Crippen molar-refractivity contribution in [2.75, 3.05) is 0 Å². The Bertz CT molecular complexity index is 766. The van der Waals surface area contributed by atoms with E-state index in [-0.39, 0.29) is 5.60 Å². The molecular formula is C28H40O. The van der Waals surface area contributed by atoms with Crippen molar-refractivity contribution < 1.29 is 4.74 Å². The van der Waals surface area contributed by atoms with Gasteiger partial charge in [-0.05, 0) is 92.4 Å². The first-order valence-corrected chi connectivity index (χ1v) is 12.4. The van der Waals surface area contributed by atoms with Gasteiger partial charge in [0.05, 0.1) is 12.2 Å². The monoisotopic (exact) mass is 392 g/mol. The summed E-state index contributed by atoms with van der Waals surface area (Å²) in [5.74, 6) is 2.43. The molecule has 6 atom stereocenters. The second-order valence-electron chi connectivity index (χ2n) is 11.1. The van der Waals surface area contributed by atoms with Crippen LogP contribution in [0.3, 0.4) is 0 Å². The number of allylic oxidation sites excluding steroid dienone is 2. The Balaban J connectivity index is 1.53. The molecule has 4 saturated carbocycles. The van der Waals surface area contributed by atoms with Gasteiger partial charge in [-0.25, -0.2) is 0 Å². The molecule has 0 radical (unpaired) electrons. The quantitative estimate of drug-likeness (QED) is 0.479. The van der Waals surface area contributed by atoms with Crippen LogP contribution < -0.4 is 0 Å². The summed E-state index contributed by atoms with van der Waals surface area (Å²) in [6, 6.07) is 10.9. The molecule has 0 bridgehead atoms. The molecule has 1 aromatic rings. The second kappa shape index (κ2) is 7.26.